The maximum absolute atomic E-state index is 12.6. The van der Waals surface area contributed by atoms with Crippen LogP contribution in [0.15, 0.2) is 18.3 Å². The summed E-state index contributed by atoms with van der Waals surface area (Å²) in [6.07, 6.45) is 2.29. The van der Waals surface area contributed by atoms with Gasteiger partial charge in [0.1, 0.15) is 5.82 Å². The molecule has 0 atom stereocenters. The summed E-state index contributed by atoms with van der Waals surface area (Å²) in [5, 5.41) is 8.65. The van der Waals surface area contributed by atoms with E-state index in [0.29, 0.717) is 50.6 Å². The molecule has 0 N–H and O–H groups in total. The zero-order valence-electron chi connectivity index (χ0n) is 15.7. The summed E-state index contributed by atoms with van der Waals surface area (Å²) in [5.74, 6) is 0.283. The Kier molecular flexibility index (Phi) is 7.53. The van der Waals surface area contributed by atoms with E-state index in [1.807, 2.05) is 11.0 Å². The Hall–Kier alpha value is -2.22. The van der Waals surface area contributed by atoms with Crippen molar-refractivity contribution in [1.82, 2.24) is 13.6 Å². The Balaban J connectivity index is 2.02. The highest BCUT2D eigenvalue weighted by Gasteiger charge is 2.29. The van der Waals surface area contributed by atoms with Crippen LogP contribution in [0.5, 0.6) is 0 Å². The molecule has 1 saturated heterocycles. The molecule has 0 aliphatic carbocycles. The SMILES string of the molecule is CCOC(=O)c1ccc(N2CCCN(S(=O)(=O)N(C)CCC#N)CC2)nc1. The molecule has 1 fully saturated rings. The van der Waals surface area contributed by atoms with Crippen LogP contribution < -0.4 is 4.90 Å². The van der Waals surface area contributed by atoms with Gasteiger partial charge in [0.15, 0.2) is 0 Å². The van der Waals surface area contributed by atoms with E-state index in [1.165, 1.54) is 21.9 Å². The van der Waals surface area contributed by atoms with Crippen LogP contribution in [0.4, 0.5) is 5.82 Å². The Morgan fingerprint density at radius 3 is 2.74 bits per heavy atom. The van der Waals surface area contributed by atoms with Crippen LogP contribution in [0.3, 0.4) is 0 Å². The molecule has 0 spiro atoms. The number of carbonyl (C=O) groups is 1. The first-order chi connectivity index (χ1) is 12.9. The second-order valence-electron chi connectivity index (χ2n) is 6.10. The highest BCUT2D eigenvalue weighted by molar-refractivity contribution is 7.86. The van der Waals surface area contributed by atoms with Crippen LogP contribution in [0.2, 0.25) is 0 Å². The molecule has 148 valence electrons. The van der Waals surface area contributed by atoms with Gasteiger partial charge in [0.25, 0.3) is 10.2 Å². The van der Waals surface area contributed by atoms with Gasteiger partial charge >= 0.3 is 5.97 Å². The maximum atomic E-state index is 12.6. The molecule has 2 heterocycles. The molecule has 0 bridgehead atoms. The molecule has 1 aliphatic heterocycles. The van der Waals surface area contributed by atoms with Gasteiger partial charge in [-0.3, -0.25) is 0 Å². The van der Waals surface area contributed by atoms with Gasteiger partial charge in [0.2, 0.25) is 0 Å². The number of pyridine rings is 1. The molecule has 1 aliphatic rings. The summed E-state index contributed by atoms with van der Waals surface area (Å²) in [6, 6.07) is 5.37. The Morgan fingerprint density at radius 2 is 2.11 bits per heavy atom. The summed E-state index contributed by atoms with van der Waals surface area (Å²) < 4.78 is 32.9. The van der Waals surface area contributed by atoms with Crippen molar-refractivity contribution in [2.45, 2.75) is 19.8 Å². The average Bonchev–Trinajstić information content (AvgIpc) is 2.93. The zero-order valence-corrected chi connectivity index (χ0v) is 16.5. The summed E-state index contributed by atoms with van der Waals surface area (Å²) in [4.78, 5) is 18.0. The number of carbonyl (C=O) groups excluding carboxylic acids is 1. The fraction of sp³-hybridized carbons (Fsp3) is 0.588. The third-order valence-corrected chi connectivity index (χ3v) is 6.28. The highest BCUT2D eigenvalue weighted by atomic mass is 32.2. The first-order valence-corrected chi connectivity index (χ1v) is 10.3. The van der Waals surface area contributed by atoms with Gasteiger partial charge in [-0.2, -0.15) is 22.3 Å². The molecule has 0 aromatic carbocycles. The number of aromatic nitrogens is 1. The molecule has 27 heavy (non-hydrogen) atoms. The fourth-order valence-electron chi connectivity index (χ4n) is 2.78. The topological polar surface area (TPSA) is 107 Å². The first-order valence-electron chi connectivity index (χ1n) is 8.86. The monoisotopic (exact) mass is 395 g/mol. The van der Waals surface area contributed by atoms with Crippen LogP contribution in [-0.4, -0.2) is 74.4 Å². The van der Waals surface area contributed by atoms with E-state index in [1.54, 1.807) is 19.1 Å². The van der Waals surface area contributed by atoms with Crippen molar-refractivity contribution in [3.8, 4) is 6.07 Å². The number of rotatable bonds is 7. The van der Waals surface area contributed by atoms with Gasteiger partial charge in [0.05, 0.1) is 18.2 Å². The molecule has 0 radical (unpaired) electrons. The van der Waals surface area contributed by atoms with Crippen LogP contribution in [0, 0.1) is 11.3 Å². The van der Waals surface area contributed by atoms with E-state index in [2.05, 4.69) is 4.98 Å². The number of anilines is 1. The molecule has 9 nitrogen and oxygen atoms in total. The van der Waals surface area contributed by atoms with Gasteiger partial charge in [-0.05, 0) is 25.5 Å². The van der Waals surface area contributed by atoms with Crippen molar-refractivity contribution >= 4 is 22.0 Å². The lowest BCUT2D eigenvalue weighted by atomic mass is 10.2. The number of hydrogen-bond donors (Lipinski definition) is 0. The largest absolute Gasteiger partial charge is 0.462 e. The Morgan fingerprint density at radius 1 is 1.33 bits per heavy atom. The minimum atomic E-state index is -3.58. The lowest BCUT2D eigenvalue weighted by Crippen LogP contribution is -2.44. The minimum absolute atomic E-state index is 0.159. The normalized spacial score (nSPS) is 16.0. The van der Waals surface area contributed by atoms with E-state index in [9.17, 15) is 13.2 Å². The van der Waals surface area contributed by atoms with Crippen molar-refractivity contribution in [3.63, 3.8) is 0 Å². The second-order valence-corrected chi connectivity index (χ2v) is 8.14. The summed E-state index contributed by atoms with van der Waals surface area (Å²) >= 11 is 0. The summed E-state index contributed by atoms with van der Waals surface area (Å²) in [7, 11) is -2.09. The molecule has 0 saturated carbocycles. The molecule has 0 amide bonds. The van der Waals surface area contributed by atoms with Crippen LogP contribution >= 0.6 is 0 Å². The first kappa shape index (κ1) is 21.1. The molecule has 1 aromatic heterocycles. The second kappa shape index (κ2) is 9.64. The predicted octanol–water partition coefficient (Wildman–Crippen LogP) is 0.861. The lowest BCUT2D eigenvalue weighted by molar-refractivity contribution is 0.0526. The van der Waals surface area contributed by atoms with E-state index in [4.69, 9.17) is 10.00 Å². The number of nitriles is 1. The van der Waals surface area contributed by atoms with E-state index in [0.717, 1.165) is 0 Å². The summed E-state index contributed by atoms with van der Waals surface area (Å²) in [5.41, 5.74) is 0.388. The van der Waals surface area contributed by atoms with Gasteiger partial charge in [-0.1, -0.05) is 0 Å². The molecular formula is C17H25N5O4S. The molecule has 0 unspecified atom stereocenters. The number of ether oxygens (including phenoxy) is 1. The van der Waals surface area contributed by atoms with Crippen molar-refractivity contribution in [1.29, 1.82) is 5.26 Å². The smallest absolute Gasteiger partial charge is 0.339 e. The minimum Gasteiger partial charge on any atom is -0.462 e. The highest BCUT2D eigenvalue weighted by Crippen LogP contribution is 2.17. The van der Waals surface area contributed by atoms with Crippen molar-refractivity contribution in [2.24, 2.45) is 0 Å². The average molecular weight is 395 g/mol. The Bertz CT molecular complexity index is 776. The van der Waals surface area contributed by atoms with Crippen LogP contribution in [0.1, 0.15) is 30.1 Å². The van der Waals surface area contributed by atoms with Crippen molar-refractivity contribution < 1.29 is 17.9 Å². The Labute approximate surface area is 160 Å². The number of hydrogen-bond acceptors (Lipinski definition) is 7. The standard InChI is InChI=1S/C17H25N5O4S/c1-3-26-17(23)15-6-7-16(19-14-15)21-10-5-11-22(13-12-21)27(24,25)20(2)9-4-8-18/h6-7,14H,3-5,9-13H2,1-2H3. The van der Waals surface area contributed by atoms with Gasteiger partial charge in [0, 0.05) is 52.4 Å². The van der Waals surface area contributed by atoms with E-state index >= 15 is 0 Å². The lowest BCUT2D eigenvalue weighted by Gasteiger charge is -2.26. The third-order valence-electron chi connectivity index (χ3n) is 4.30. The predicted molar refractivity (Wildman–Crippen MR) is 100 cm³/mol. The van der Waals surface area contributed by atoms with Crippen molar-refractivity contribution in [3.05, 3.63) is 23.9 Å². The number of esters is 1. The summed E-state index contributed by atoms with van der Waals surface area (Å²) in [6.45, 7) is 4.14. The van der Waals surface area contributed by atoms with Crippen molar-refractivity contribution in [2.75, 3.05) is 51.3 Å². The van der Waals surface area contributed by atoms with Gasteiger partial charge in [-0.25, -0.2) is 9.78 Å². The molecule has 2 rings (SSSR count). The quantitative estimate of drug-likeness (QED) is 0.630. The molecule has 1 aromatic rings. The zero-order chi connectivity index (χ0) is 19.9. The van der Waals surface area contributed by atoms with Gasteiger partial charge < -0.3 is 9.64 Å². The van der Waals surface area contributed by atoms with Crippen LogP contribution in [-0.2, 0) is 14.9 Å². The molecule has 10 heteroatoms. The maximum Gasteiger partial charge on any atom is 0.339 e. The van der Waals surface area contributed by atoms with Crippen LogP contribution in [0.25, 0.3) is 0 Å². The third kappa shape index (κ3) is 5.38. The fourth-order valence-corrected chi connectivity index (χ4v) is 4.17. The van der Waals surface area contributed by atoms with Gasteiger partial charge in [-0.15, -0.1) is 0 Å². The molecular weight excluding hydrogens is 370 g/mol. The number of nitrogens with zero attached hydrogens (tertiary/aromatic N) is 5. The van der Waals surface area contributed by atoms with E-state index in [-0.39, 0.29) is 13.0 Å². The van der Waals surface area contributed by atoms with E-state index < -0.39 is 16.2 Å².